The van der Waals surface area contributed by atoms with E-state index in [1.165, 1.54) is 10.5 Å². The van der Waals surface area contributed by atoms with Crippen molar-refractivity contribution in [2.24, 2.45) is 5.41 Å². The maximum atomic E-state index is 15.5. The van der Waals surface area contributed by atoms with Gasteiger partial charge in [0.1, 0.15) is 11.5 Å². The van der Waals surface area contributed by atoms with Crippen molar-refractivity contribution in [3.8, 4) is 11.1 Å². The van der Waals surface area contributed by atoms with Crippen LogP contribution in [-0.4, -0.2) is 85.0 Å². The van der Waals surface area contributed by atoms with Gasteiger partial charge < -0.3 is 20.3 Å². The van der Waals surface area contributed by atoms with Crippen molar-refractivity contribution in [2.75, 3.05) is 48.9 Å². The number of fused-ring (bicyclic) bond motifs is 1. The van der Waals surface area contributed by atoms with Gasteiger partial charge in [-0.15, -0.1) is 0 Å². The molecule has 3 saturated heterocycles. The SMILES string of the molecule is O=C(O)C(F)(F)F.O=C(c1c(F)ccc(NS(=O)(=O)N2CCCC2)c1F)c1c[nH]c2ncc(-c3ccc(N4CC5(CNC5)C4)cc3)cc12. The Labute approximate surface area is 270 Å². The number of aromatic nitrogens is 2. The van der Waals surface area contributed by atoms with Crippen LogP contribution in [0.25, 0.3) is 22.2 Å². The van der Waals surface area contributed by atoms with Crippen molar-refractivity contribution in [1.29, 1.82) is 0 Å². The molecule has 5 heterocycles. The third kappa shape index (κ3) is 6.44. The topological polar surface area (TPSA) is 148 Å². The van der Waals surface area contributed by atoms with Gasteiger partial charge in [-0.25, -0.2) is 18.6 Å². The predicted octanol–water partition coefficient (Wildman–Crippen LogP) is 4.53. The summed E-state index contributed by atoms with van der Waals surface area (Å²) in [4.78, 5) is 32.1. The standard InChI is InChI=1S/C29H28F2N6O3S.C2HF3O2/c30-23-7-8-24(35-41(39,40)37-9-1-2-10-37)26(31)25(23)27(38)22-13-34-28-21(22)11-19(12-33-28)18-3-5-20(6-4-18)36-16-29(17-36)14-32-15-29;3-2(4,5)1(6)7/h3-8,11-13,32,35H,1-2,9-10,14-17H2,(H,33,34);(H,6,7). The fraction of sp³-hybridized carbons (Fsp3) is 0.323. The number of benzene rings is 2. The van der Waals surface area contributed by atoms with Crippen molar-refractivity contribution < 1.29 is 45.1 Å². The van der Waals surface area contributed by atoms with E-state index in [0.29, 0.717) is 42.4 Å². The number of hydrogen-bond acceptors (Lipinski definition) is 7. The highest BCUT2D eigenvalue weighted by molar-refractivity contribution is 7.90. The van der Waals surface area contributed by atoms with Gasteiger partial charge in [-0.1, -0.05) is 12.1 Å². The molecule has 0 amide bonds. The van der Waals surface area contributed by atoms with Crippen LogP contribution in [0.2, 0.25) is 0 Å². The van der Waals surface area contributed by atoms with E-state index in [2.05, 4.69) is 37.0 Å². The molecule has 0 bridgehead atoms. The Kier molecular flexibility index (Phi) is 8.63. The van der Waals surface area contributed by atoms with E-state index in [1.807, 2.05) is 12.1 Å². The maximum Gasteiger partial charge on any atom is 0.490 e. The average Bonchev–Trinajstić information content (AvgIpc) is 3.69. The number of halogens is 5. The number of carboxylic acids is 1. The molecule has 3 aliphatic rings. The summed E-state index contributed by atoms with van der Waals surface area (Å²) in [5, 5.41) is 10.9. The molecule has 254 valence electrons. The minimum Gasteiger partial charge on any atom is -0.475 e. The summed E-state index contributed by atoms with van der Waals surface area (Å²) in [6, 6.07) is 11.7. The summed E-state index contributed by atoms with van der Waals surface area (Å²) in [6.45, 7) is 4.84. The zero-order chi connectivity index (χ0) is 34.4. The smallest absolute Gasteiger partial charge is 0.475 e. The van der Waals surface area contributed by atoms with Crippen molar-refractivity contribution in [1.82, 2.24) is 19.6 Å². The first-order valence-electron chi connectivity index (χ1n) is 14.8. The summed E-state index contributed by atoms with van der Waals surface area (Å²) in [5.41, 5.74) is 2.29. The van der Waals surface area contributed by atoms with Crippen LogP contribution in [0.3, 0.4) is 0 Å². The number of carbonyl (C=O) groups excluding carboxylic acids is 1. The molecule has 0 aliphatic carbocycles. The number of aliphatic carboxylic acids is 1. The molecule has 3 aliphatic heterocycles. The molecule has 0 unspecified atom stereocenters. The largest absolute Gasteiger partial charge is 0.490 e. The Balaban J connectivity index is 0.000000519. The highest BCUT2D eigenvalue weighted by Crippen LogP contribution is 2.38. The lowest BCUT2D eigenvalue weighted by molar-refractivity contribution is -0.192. The predicted molar refractivity (Wildman–Crippen MR) is 166 cm³/mol. The number of carboxylic acid groups (broad SMARTS) is 1. The zero-order valence-corrected chi connectivity index (χ0v) is 25.9. The lowest BCUT2D eigenvalue weighted by Crippen LogP contribution is -2.71. The summed E-state index contributed by atoms with van der Waals surface area (Å²) < 4.78 is 90.8. The van der Waals surface area contributed by atoms with Crippen molar-refractivity contribution in [3.63, 3.8) is 0 Å². The summed E-state index contributed by atoms with van der Waals surface area (Å²) in [7, 11) is -4.04. The van der Waals surface area contributed by atoms with E-state index in [9.17, 15) is 30.8 Å². The summed E-state index contributed by atoms with van der Waals surface area (Å²) in [5.74, 6) is -6.03. The van der Waals surface area contributed by atoms with E-state index in [4.69, 9.17) is 9.90 Å². The first-order valence-corrected chi connectivity index (χ1v) is 16.3. The number of carbonyl (C=O) groups is 2. The Morgan fingerprint density at radius 1 is 0.979 bits per heavy atom. The Hall–Kier alpha value is -4.61. The van der Waals surface area contributed by atoms with Gasteiger partial charge in [0.15, 0.2) is 5.82 Å². The molecule has 4 N–H and O–H groups in total. The number of nitrogens with zero attached hydrogens (tertiary/aromatic N) is 3. The van der Waals surface area contributed by atoms with Gasteiger partial charge in [0.2, 0.25) is 5.78 Å². The fourth-order valence-electron chi connectivity index (χ4n) is 5.97. The number of aromatic amines is 1. The van der Waals surface area contributed by atoms with Crippen LogP contribution in [0.15, 0.2) is 54.9 Å². The van der Waals surface area contributed by atoms with Crippen molar-refractivity contribution in [3.05, 3.63) is 77.6 Å². The monoisotopic (exact) mass is 692 g/mol. The third-order valence-corrected chi connectivity index (χ3v) is 10.1. The summed E-state index contributed by atoms with van der Waals surface area (Å²) in [6.07, 6.45) is -0.639. The van der Waals surface area contributed by atoms with Gasteiger partial charge in [0, 0.05) is 79.3 Å². The van der Waals surface area contributed by atoms with Crippen LogP contribution >= 0.6 is 0 Å². The average molecular weight is 693 g/mol. The molecule has 48 heavy (non-hydrogen) atoms. The molecule has 0 atom stereocenters. The molecule has 1 spiro atoms. The van der Waals surface area contributed by atoms with Gasteiger partial charge in [-0.3, -0.25) is 9.52 Å². The van der Waals surface area contributed by atoms with Crippen LogP contribution < -0.4 is 14.9 Å². The van der Waals surface area contributed by atoms with Crippen LogP contribution in [0.1, 0.15) is 28.8 Å². The normalized spacial score (nSPS) is 17.4. The van der Waals surface area contributed by atoms with Crippen LogP contribution in [0.5, 0.6) is 0 Å². The number of ketones is 1. The first kappa shape index (κ1) is 33.3. The van der Waals surface area contributed by atoms with Gasteiger partial charge in [-0.05, 0) is 48.7 Å². The van der Waals surface area contributed by atoms with Gasteiger partial charge in [0.25, 0.3) is 0 Å². The van der Waals surface area contributed by atoms with Gasteiger partial charge >= 0.3 is 22.4 Å². The molecule has 0 saturated carbocycles. The highest BCUT2D eigenvalue weighted by atomic mass is 32.2. The van der Waals surface area contributed by atoms with Crippen LogP contribution in [0, 0.1) is 17.0 Å². The lowest BCUT2D eigenvalue weighted by Gasteiger charge is -2.57. The Bertz CT molecular complexity index is 1980. The second-order valence-electron chi connectivity index (χ2n) is 12.0. The molecule has 2 aromatic carbocycles. The maximum absolute atomic E-state index is 15.5. The van der Waals surface area contributed by atoms with Crippen LogP contribution in [-0.2, 0) is 15.0 Å². The molecular weight excluding hydrogens is 663 g/mol. The number of pyridine rings is 1. The van der Waals surface area contributed by atoms with Crippen LogP contribution in [0.4, 0.5) is 33.3 Å². The third-order valence-electron chi connectivity index (χ3n) is 8.60. The molecule has 17 heteroatoms. The second kappa shape index (κ2) is 12.4. The molecule has 0 radical (unpaired) electrons. The van der Waals surface area contributed by atoms with E-state index in [1.54, 1.807) is 12.3 Å². The molecule has 11 nitrogen and oxygen atoms in total. The number of rotatable bonds is 7. The second-order valence-corrected chi connectivity index (χ2v) is 13.6. The zero-order valence-electron chi connectivity index (χ0n) is 25.1. The molecule has 3 fully saturated rings. The Morgan fingerprint density at radius 2 is 1.62 bits per heavy atom. The summed E-state index contributed by atoms with van der Waals surface area (Å²) >= 11 is 0. The number of hydrogen-bond donors (Lipinski definition) is 4. The van der Waals surface area contributed by atoms with Gasteiger partial charge in [0.05, 0.1) is 11.3 Å². The lowest BCUT2D eigenvalue weighted by atomic mass is 9.74. The minimum absolute atomic E-state index is 0.0308. The fourth-order valence-corrected chi connectivity index (χ4v) is 7.27. The molecular formula is C31H29F5N6O5S. The first-order chi connectivity index (χ1) is 22.7. The van der Waals surface area contributed by atoms with Crippen molar-refractivity contribution in [2.45, 2.75) is 19.0 Å². The molecule has 2 aromatic heterocycles. The Morgan fingerprint density at radius 3 is 2.21 bits per heavy atom. The molecule has 4 aromatic rings. The van der Waals surface area contributed by atoms with Crippen molar-refractivity contribution >= 4 is 44.4 Å². The number of alkyl halides is 3. The van der Waals surface area contributed by atoms with E-state index >= 15 is 4.39 Å². The number of H-pyrrole nitrogens is 1. The highest BCUT2D eigenvalue weighted by Gasteiger charge is 2.47. The van der Waals surface area contributed by atoms with E-state index < -0.39 is 51.0 Å². The van der Waals surface area contributed by atoms with Gasteiger partial charge in [-0.2, -0.15) is 25.9 Å². The molecule has 7 rings (SSSR count). The number of nitrogens with one attached hydrogen (secondary N) is 3. The van der Waals surface area contributed by atoms with E-state index in [-0.39, 0.29) is 5.56 Å². The van der Waals surface area contributed by atoms with E-state index in [0.717, 1.165) is 55.1 Å². The number of anilines is 2. The minimum atomic E-state index is -5.08. The quantitative estimate of drug-likeness (QED) is 0.163.